The molecule has 0 radical (unpaired) electrons. The van der Waals surface area contributed by atoms with Crippen molar-refractivity contribution in [2.45, 2.75) is 25.3 Å². The number of carbonyl (C=O) groups is 1. The lowest BCUT2D eigenvalue weighted by atomic mass is 10.1. The number of hydrazone groups is 1. The van der Waals surface area contributed by atoms with E-state index < -0.39 is 15.9 Å². The first-order valence-electron chi connectivity index (χ1n) is 13.4. The van der Waals surface area contributed by atoms with Crippen LogP contribution in [-0.2, 0) is 16.6 Å². The molecular weight excluding hydrogens is 536 g/mol. The summed E-state index contributed by atoms with van der Waals surface area (Å²) >= 11 is 0. The highest BCUT2D eigenvalue weighted by Crippen LogP contribution is 2.30. The van der Waals surface area contributed by atoms with E-state index in [1.165, 1.54) is 23.5 Å². The zero-order valence-electron chi connectivity index (χ0n) is 23.4. The first-order valence-corrected chi connectivity index (χ1v) is 14.8. The normalized spacial score (nSPS) is 11.3. The van der Waals surface area contributed by atoms with E-state index >= 15 is 0 Å². The monoisotopic (exact) mass is 570 g/mol. The Balaban J connectivity index is 1.62. The molecule has 0 aliphatic carbocycles. The number of ether oxygens (including phenoxy) is 1. The van der Waals surface area contributed by atoms with Crippen LogP contribution in [0.3, 0.4) is 0 Å². The topological polar surface area (TPSA) is 91.3 Å². The van der Waals surface area contributed by atoms with Gasteiger partial charge in [0.25, 0.3) is 15.9 Å². The summed E-state index contributed by atoms with van der Waals surface area (Å²) in [7, 11) is -2.54. The molecule has 0 aromatic heterocycles. The maximum atomic E-state index is 13.9. The fourth-order valence-electron chi connectivity index (χ4n) is 4.39. The van der Waals surface area contributed by atoms with E-state index in [0.29, 0.717) is 5.75 Å². The van der Waals surface area contributed by atoms with Crippen molar-refractivity contribution in [1.82, 2.24) is 5.43 Å². The van der Waals surface area contributed by atoms with Gasteiger partial charge in [-0.05, 0) is 73.5 Å². The van der Waals surface area contributed by atoms with Gasteiger partial charge in [-0.25, -0.2) is 13.8 Å². The van der Waals surface area contributed by atoms with Gasteiger partial charge < -0.3 is 9.64 Å². The van der Waals surface area contributed by atoms with Crippen LogP contribution in [0.4, 0.5) is 11.4 Å². The number of para-hydroxylation sites is 1. The van der Waals surface area contributed by atoms with Crippen LogP contribution in [0.1, 0.15) is 35.3 Å². The third-order valence-electron chi connectivity index (χ3n) is 6.64. The lowest BCUT2D eigenvalue weighted by Crippen LogP contribution is -2.33. The summed E-state index contributed by atoms with van der Waals surface area (Å²) in [6, 6.07) is 29.9. The van der Waals surface area contributed by atoms with E-state index in [4.69, 9.17) is 4.74 Å². The minimum absolute atomic E-state index is 0.0294. The number of rotatable bonds is 12. The molecule has 0 aliphatic heterocycles. The van der Waals surface area contributed by atoms with Crippen molar-refractivity contribution in [3.8, 4) is 5.75 Å². The van der Waals surface area contributed by atoms with E-state index in [1.54, 1.807) is 42.6 Å². The summed E-state index contributed by atoms with van der Waals surface area (Å²) in [5, 5.41) is 4.14. The minimum Gasteiger partial charge on any atom is -0.497 e. The molecule has 9 heteroatoms. The van der Waals surface area contributed by atoms with Gasteiger partial charge in [-0.15, -0.1) is 0 Å². The van der Waals surface area contributed by atoms with E-state index in [2.05, 4.69) is 29.3 Å². The van der Waals surface area contributed by atoms with Crippen LogP contribution in [0.2, 0.25) is 0 Å². The van der Waals surface area contributed by atoms with Crippen molar-refractivity contribution in [3.05, 3.63) is 120 Å². The number of methoxy groups -OCH3 is 1. The molecule has 0 saturated carbocycles. The summed E-state index contributed by atoms with van der Waals surface area (Å²) in [4.78, 5) is 15.6. The number of nitrogens with zero attached hydrogens (tertiary/aromatic N) is 3. The molecule has 8 nitrogen and oxygen atoms in total. The molecule has 0 bridgehead atoms. The van der Waals surface area contributed by atoms with E-state index in [9.17, 15) is 13.2 Å². The third-order valence-corrected chi connectivity index (χ3v) is 8.41. The highest BCUT2D eigenvalue weighted by atomic mass is 32.2. The fourth-order valence-corrected chi connectivity index (χ4v) is 5.86. The molecule has 1 N–H and O–H groups in total. The molecule has 0 saturated heterocycles. The number of nitrogens with one attached hydrogen (secondary N) is 1. The molecular formula is C32H34N4O4S. The average Bonchev–Trinajstić information content (AvgIpc) is 3.01. The van der Waals surface area contributed by atoms with Crippen molar-refractivity contribution in [2.75, 3.05) is 29.4 Å². The Morgan fingerprint density at radius 3 is 2.12 bits per heavy atom. The van der Waals surface area contributed by atoms with Gasteiger partial charge in [-0.1, -0.05) is 54.6 Å². The number of anilines is 2. The Labute approximate surface area is 241 Å². The van der Waals surface area contributed by atoms with E-state index in [-0.39, 0.29) is 22.7 Å². The first-order chi connectivity index (χ1) is 19.9. The van der Waals surface area contributed by atoms with Crippen molar-refractivity contribution >= 4 is 33.5 Å². The SMILES string of the molecule is CCN(CC)c1ccc(/C=N/NC(=O)c2ccccc2N(Cc2ccccc2)S(=O)(=O)c2ccc(OC)cc2)cc1. The van der Waals surface area contributed by atoms with Crippen LogP contribution in [0, 0.1) is 0 Å². The average molecular weight is 571 g/mol. The van der Waals surface area contributed by atoms with E-state index in [0.717, 1.165) is 29.9 Å². The van der Waals surface area contributed by atoms with Gasteiger partial charge in [-0.3, -0.25) is 9.10 Å². The number of hydrogen-bond acceptors (Lipinski definition) is 6. The molecule has 0 atom stereocenters. The lowest BCUT2D eigenvalue weighted by molar-refractivity contribution is 0.0955. The highest BCUT2D eigenvalue weighted by Gasteiger charge is 2.28. The molecule has 1 amide bonds. The molecule has 0 unspecified atom stereocenters. The maximum Gasteiger partial charge on any atom is 0.273 e. The van der Waals surface area contributed by atoms with Crippen molar-refractivity contribution in [1.29, 1.82) is 0 Å². The van der Waals surface area contributed by atoms with Gasteiger partial charge >= 0.3 is 0 Å². The first kappa shape index (κ1) is 29.4. The summed E-state index contributed by atoms with van der Waals surface area (Å²) in [5.41, 5.74) is 5.67. The second-order valence-corrected chi connectivity index (χ2v) is 11.0. The molecule has 4 aromatic carbocycles. The van der Waals surface area contributed by atoms with Crippen LogP contribution in [-0.4, -0.2) is 40.7 Å². The smallest absolute Gasteiger partial charge is 0.273 e. The number of benzene rings is 4. The summed E-state index contributed by atoms with van der Waals surface area (Å²) < 4.78 is 34.3. The minimum atomic E-state index is -4.06. The Morgan fingerprint density at radius 2 is 1.49 bits per heavy atom. The van der Waals surface area contributed by atoms with Crippen LogP contribution in [0.5, 0.6) is 5.75 Å². The van der Waals surface area contributed by atoms with Crippen molar-refractivity contribution in [2.24, 2.45) is 5.10 Å². The molecule has 41 heavy (non-hydrogen) atoms. The summed E-state index contributed by atoms with van der Waals surface area (Å²) in [6.07, 6.45) is 1.56. The second-order valence-electron chi connectivity index (χ2n) is 9.15. The summed E-state index contributed by atoms with van der Waals surface area (Å²) in [6.45, 7) is 6.07. The Hall–Kier alpha value is -4.63. The van der Waals surface area contributed by atoms with Crippen molar-refractivity contribution in [3.63, 3.8) is 0 Å². The molecule has 0 spiro atoms. The van der Waals surface area contributed by atoms with Gasteiger partial charge in [0.05, 0.1) is 36.0 Å². The molecule has 4 aromatic rings. The van der Waals surface area contributed by atoms with Gasteiger partial charge in [0.2, 0.25) is 0 Å². The molecule has 0 aliphatic rings. The zero-order valence-corrected chi connectivity index (χ0v) is 24.2. The number of carbonyl (C=O) groups excluding carboxylic acids is 1. The van der Waals surface area contributed by atoms with Crippen LogP contribution >= 0.6 is 0 Å². The van der Waals surface area contributed by atoms with E-state index in [1.807, 2.05) is 54.6 Å². The van der Waals surface area contributed by atoms with Crippen molar-refractivity contribution < 1.29 is 17.9 Å². The largest absolute Gasteiger partial charge is 0.497 e. The lowest BCUT2D eigenvalue weighted by Gasteiger charge is -2.26. The Kier molecular flexibility index (Phi) is 9.76. The second kappa shape index (κ2) is 13.6. The fraction of sp³-hybridized carbons (Fsp3) is 0.188. The number of sulfonamides is 1. The van der Waals surface area contributed by atoms with Gasteiger partial charge in [-0.2, -0.15) is 5.10 Å². The predicted molar refractivity (Wildman–Crippen MR) is 164 cm³/mol. The maximum absolute atomic E-state index is 13.9. The number of amides is 1. The molecule has 4 rings (SSSR count). The summed E-state index contributed by atoms with van der Waals surface area (Å²) in [5.74, 6) is 0.0125. The third kappa shape index (κ3) is 7.12. The predicted octanol–water partition coefficient (Wildman–Crippen LogP) is 5.70. The van der Waals surface area contributed by atoms with Crippen LogP contribution in [0.15, 0.2) is 113 Å². The highest BCUT2D eigenvalue weighted by molar-refractivity contribution is 7.92. The Morgan fingerprint density at radius 1 is 0.854 bits per heavy atom. The van der Waals surface area contributed by atoms with Crippen LogP contribution in [0.25, 0.3) is 0 Å². The van der Waals surface area contributed by atoms with Gasteiger partial charge in [0, 0.05) is 18.8 Å². The molecule has 0 fully saturated rings. The zero-order chi connectivity index (χ0) is 29.2. The quantitative estimate of drug-likeness (QED) is 0.174. The Bertz CT molecular complexity index is 1570. The van der Waals surface area contributed by atoms with Crippen LogP contribution < -0.4 is 19.4 Å². The standard InChI is InChI=1S/C32H34N4O4S/c1-4-35(5-2)27-17-15-25(16-18-27)23-33-34-32(37)30-13-9-10-14-31(30)36(24-26-11-7-6-8-12-26)41(38,39)29-21-19-28(40-3)20-22-29/h6-23H,4-5,24H2,1-3H3,(H,34,37)/b33-23+. The number of hydrogen-bond donors (Lipinski definition) is 1. The molecule has 212 valence electrons. The van der Waals surface area contributed by atoms with Gasteiger partial charge in [0.1, 0.15) is 5.75 Å². The van der Waals surface area contributed by atoms with Gasteiger partial charge in [0.15, 0.2) is 0 Å². The molecule has 0 heterocycles.